The van der Waals surface area contributed by atoms with E-state index in [9.17, 15) is 4.39 Å². The number of benzene rings is 2. The molecule has 3 N–H and O–H groups in total. The molecule has 0 aromatic heterocycles. The van der Waals surface area contributed by atoms with Crippen molar-refractivity contribution in [3.8, 4) is 5.75 Å². The molecule has 21 heavy (non-hydrogen) atoms. The molecule has 0 spiro atoms. The van der Waals surface area contributed by atoms with Gasteiger partial charge < -0.3 is 4.74 Å². The summed E-state index contributed by atoms with van der Waals surface area (Å²) >= 11 is 3.39. The summed E-state index contributed by atoms with van der Waals surface area (Å²) in [6.45, 7) is 0. The Morgan fingerprint density at radius 1 is 1.24 bits per heavy atom. The summed E-state index contributed by atoms with van der Waals surface area (Å²) in [5.41, 5.74) is 4.04. The van der Waals surface area contributed by atoms with Crippen molar-refractivity contribution in [2.24, 2.45) is 5.84 Å². The van der Waals surface area contributed by atoms with Gasteiger partial charge in [0.15, 0.2) is 0 Å². The van der Waals surface area contributed by atoms with Gasteiger partial charge in [-0.25, -0.2) is 9.82 Å². The number of halogens is 2. The molecule has 1 fully saturated rings. The number of nitrogens with two attached hydrogens (primary N) is 1. The van der Waals surface area contributed by atoms with E-state index in [2.05, 4.69) is 21.4 Å². The van der Waals surface area contributed by atoms with Gasteiger partial charge in [0.1, 0.15) is 11.6 Å². The van der Waals surface area contributed by atoms with Gasteiger partial charge in [0.25, 0.3) is 0 Å². The van der Waals surface area contributed by atoms with Gasteiger partial charge in [-0.3, -0.25) is 5.84 Å². The Bertz CT molecular complexity index is 626. The monoisotopic (exact) mass is 350 g/mol. The fraction of sp³-hybridized carbons (Fsp3) is 0.250. The minimum absolute atomic E-state index is 0.305. The average Bonchev–Trinajstić information content (AvgIpc) is 3.27. The maximum atomic E-state index is 14.1. The van der Waals surface area contributed by atoms with Crippen molar-refractivity contribution in [1.82, 2.24) is 5.43 Å². The van der Waals surface area contributed by atoms with Gasteiger partial charge in [0, 0.05) is 10.0 Å². The van der Waals surface area contributed by atoms with E-state index in [0.29, 0.717) is 16.1 Å². The first-order chi connectivity index (χ1) is 10.2. The van der Waals surface area contributed by atoms with Crippen molar-refractivity contribution in [2.75, 3.05) is 0 Å². The molecule has 1 saturated carbocycles. The van der Waals surface area contributed by atoms with Gasteiger partial charge in [-0.1, -0.05) is 34.1 Å². The second-order valence-corrected chi connectivity index (χ2v) is 5.98. The van der Waals surface area contributed by atoms with Crippen molar-refractivity contribution in [3.63, 3.8) is 0 Å². The molecule has 0 radical (unpaired) electrons. The van der Waals surface area contributed by atoms with Crippen LogP contribution >= 0.6 is 15.9 Å². The Morgan fingerprint density at radius 3 is 2.67 bits per heavy atom. The lowest BCUT2D eigenvalue weighted by Crippen LogP contribution is -2.29. The summed E-state index contributed by atoms with van der Waals surface area (Å²) in [7, 11) is 0. The van der Waals surface area contributed by atoms with Crippen LogP contribution in [0, 0.1) is 5.82 Å². The highest BCUT2D eigenvalue weighted by molar-refractivity contribution is 9.10. The van der Waals surface area contributed by atoms with Gasteiger partial charge >= 0.3 is 0 Å². The van der Waals surface area contributed by atoms with Crippen LogP contribution < -0.4 is 16.0 Å². The zero-order chi connectivity index (χ0) is 14.8. The fourth-order valence-electron chi connectivity index (χ4n) is 2.28. The molecule has 1 aliphatic rings. The third-order valence-electron chi connectivity index (χ3n) is 3.47. The summed E-state index contributed by atoms with van der Waals surface area (Å²) in [6.07, 6.45) is 2.52. The SMILES string of the molecule is NNC(c1cccc(OC2CC2)c1)c1c(F)cccc1Br. The van der Waals surface area contributed by atoms with E-state index in [1.54, 1.807) is 12.1 Å². The van der Waals surface area contributed by atoms with Gasteiger partial charge in [-0.15, -0.1) is 0 Å². The van der Waals surface area contributed by atoms with Gasteiger partial charge in [-0.05, 0) is 42.7 Å². The highest BCUT2D eigenvalue weighted by Crippen LogP contribution is 2.33. The van der Waals surface area contributed by atoms with Crippen LogP contribution in [0.3, 0.4) is 0 Å². The lowest BCUT2D eigenvalue weighted by Gasteiger charge is -2.20. The Hall–Kier alpha value is -1.43. The second kappa shape index (κ2) is 6.13. The number of rotatable bonds is 5. The Balaban J connectivity index is 1.95. The molecule has 0 bridgehead atoms. The van der Waals surface area contributed by atoms with Gasteiger partial charge in [-0.2, -0.15) is 0 Å². The molecule has 1 unspecified atom stereocenters. The molecule has 3 nitrogen and oxygen atoms in total. The van der Waals surface area contributed by atoms with Crippen LogP contribution in [0.2, 0.25) is 0 Å². The minimum Gasteiger partial charge on any atom is -0.490 e. The molecule has 2 aromatic carbocycles. The highest BCUT2D eigenvalue weighted by Gasteiger charge is 2.24. The first-order valence-corrected chi connectivity index (χ1v) is 7.65. The molecule has 1 aliphatic carbocycles. The summed E-state index contributed by atoms with van der Waals surface area (Å²) in [4.78, 5) is 0. The molecule has 1 atom stereocenters. The van der Waals surface area contributed by atoms with Crippen LogP contribution in [0.1, 0.15) is 30.0 Å². The van der Waals surface area contributed by atoms with Crippen molar-refractivity contribution >= 4 is 15.9 Å². The van der Waals surface area contributed by atoms with Crippen LogP contribution in [-0.2, 0) is 0 Å². The topological polar surface area (TPSA) is 47.3 Å². The predicted molar refractivity (Wildman–Crippen MR) is 83.4 cm³/mol. The first-order valence-electron chi connectivity index (χ1n) is 6.85. The predicted octanol–water partition coefficient (Wildman–Crippen LogP) is 3.68. The summed E-state index contributed by atoms with van der Waals surface area (Å²) in [5, 5.41) is 0. The third-order valence-corrected chi connectivity index (χ3v) is 4.17. The van der Waals surface area contributed by atoms with Crippen LogP contribution in [0.15, 0.2) is 46.9 Å². The number of hydrogen-bond donors (Lipinski definition) is 2. The quantitative estimate of drug-likeness (QED) is 0.638. The average molecular weight is 351 g/mol. The van der Waals surface area contributed by atoms with E-state index in [1.807, 2.05) is 24.3 Å². The maximum Gasteiger partial charge on any atom is 0.129 e. The summed E-state index contributed by atoms with van der Waals surface area (Å²) < 4.78 is 20.6. The lowest BCUT2D eigenvalue weighted by atomic mass is 9.98. The zero-order valence-electron chi connectivity index (χ0n) is 11.4. The Labute approximate surface area is 131 Å². The first kappa shape index (κ1) is 14.5. The molecule has 0 aliphatic heterocycles. The van der Waals surface area contributed by atoms with Crippen LogP contribution in [0.5, 0.6) is 5.75 Å². The van der Waals surface area contributed by atoms with Gasteiger partial charge in [0.2, 0.25) is 0 Å². The van der Waals surface area contributed by atoms with E-state index in [-0.39, 0.29) is 5.82 Å². The number of hydrogen-bond acceptors (Lipinski definition) is 3. The largest absolute Gasteiger partial charge is 0.490 e. The van der Waals surface area contributed by atoms with Crippen molar-refractivity contribution in [3.05, 3.63) is 63.9 Å². The molecular formula is C16H16BrFN2O. The smallest absolute Gasteiger partial charge is 0.129 e. The number of hydrazine groups is 1. The number of nitrogens with one attached hydrogen (secondary N) is 1. The summed E-state index contributed by atoms with van der Waals surface area (Å²) in [5.74, 6) is 6.15. The number of ether oxygens (including phenoxy) is 1. The molecule has 2 aromatic rings. The van der Waals surface area contributed by atoms with E-state index >= 15 is 0 Å². The van der Waals surface area contributed by atoms with E-state index in [4.69, 9.17) is 10.6 Å². The minimum atomic E-state index is -0.441. The van der Waals surface area contributed by atoms with Crippen LogP contribution in [0.4, 0.5) is 4.39 Å². The normalized spacial score (nSPS) is 15.8. The second-order valence-electron chi connectivity index (χ2n) is 5.12. The van der Waals surface area contributed by atoms with E-state index in [0.717, 1.165) is 24.2 Å². The fourth-order valence-corrected chi connectivity index (χ4v) is 2.85. The zero-order valence-corrected chi connectivity index (χ0v) is 12.9. The van der Waals surface area contributed by atoms with Crippen LogP contribution in [-0.4, -0.2) is 6.10 Å². The lowest BCUT2D eigenvalue weighted by molar-refractivity contribution is 0.302. The molecule has 0 amide bonds. The van der Waals surface area contributed by atoms with Crippen molar-refractivity contribution in [2.45, 2.75) is 25.0 Å². The van der Waals surface area contributed by atoms with Crippen LogP contribution in [0.25, 0.3) is 0 Å². The molecule has 3 rings (SSSR count). The molecule has 5 heteroatoms. The maximum absolute atomic E-state index is 14.1. The standard InChI is InChI=1S/C16H16BrFN2O/c17-13-5-2-6-14(18)15(13)16(20-19)10-3-1-4-12(9-10)21-11-7-8-11/h1-6,9,11,16,20H,7-8,19H2. The molecule has 0 heterocycles. The summed E-state index contributed by atoms with van der Waals surface area (Å²) in [6, 6.07) is 12.1. The Kier molecular flexibility index (Phi) is 4.24. The van der Waals surface area contributed by atoms with E-state index < -0.39 is 6.04 Å². The molecule has 0 saturated heterocycles. The molecular weight excluding hydrogens is 335 g/mol. The van der Waals surface area contributed by atoms with Gasteiger partial charge in [0.05, 0.1) is 12.1 Å². The van der Waals surface area contributed by atoms with Crippen molar-refractivity contribution in [1.29, 1.82) is 0 Å². The highest BCUT2D eigenvalue weighted by atomic mass is 79.9. The van der Waals surface area contributed by atoms with Crippen molar-refractivity contribution < 1.29 is 9.13 Å². The van der Waals surface area contributed by atoms with E-state index in [1.165, 1.54) is 6.07 Å². The third kappa shape index (κ3) is 3.26. The Morgan fingerprint density at radius 2 is 2.00 bits per heavy atom. The molecule has 110 valence electrons.